The van der Waals surface area contributed by atoms with E-state index in [0.29, 0.717) is 13.0 Å². The van der Waals surface area contributed by atoms with Crippen molar-refractivity contribution < 1.29 is 9.53 Å². The summed E-state index contributed by atoms with van der Waals surface area (Å²) in [6, 6.07) is 0. The van der Waals surface area contributed by atoms with Gasteiger partial charge in [0.05, 0.1) is 6.61 Å². The predicted molar refractivity (Wildman–Crippen MR) is 47.5 cm³/mol. The Hall–Kier alpha value is -0.530. The lowest BCUT2D eigenvalue weighted by atomic mass is 10.3. The van der Waals surface area contributed by atoms with Crippen LogP contribution < -0.4 is 0 Å². The fraction of sp³-hybridized carbons (Fsp3) is 0.889. The molecule has 2 nitrogen and oxygen atoms in total. The van der Waals surface area contributed by atoms with E-state index in [9.17, 15) is 4.79 Å². The van der Waals surface area contributed by atoms with Crippen molar-refractivity contribution in [1.82, 2.24) is 0 Å². The van der Waals surface area contributed by atoms with Crippen LogP contribution >= 0.6 is 0 Å². The maximum absolute atomic E-state index is 10.6. The molecule has 0 aliphatic heterocycles. The maximum Gasteiger partial charge on any atom is 0.305 e. The normalized spacial score (nSPS) is 8.00. The van der Waals surface area contributed by atoms with E-state index in [-0.39, 0.29) is 5.97 Å². The predicted octanol–water partition coefficient (Wildman–Crippen LogP) is 2.77. The standard InChI is InChI=1S/C7H14O2.C2H6/c1-3-5-6-7(8)9-4-2;1-2/h3-6H2,1-2H3;1-2H3. The van der Waals surface area contributed by atoms with E-state index < -0.39 is 0 Å². The zero-order valence-corrected chi connectivity index (χ0v) is 8.14. The molecule has 0 spiro atoms. The molecule has 0 aliphatic rings. The Morgan fingerprint density at radius 1 is 1.27 bits per heavy atom. The second kappa shape index (κ2) is 12.2. The van der Waals surface area contributed by atoms with E-state index in [4.69, 9.17) is 4.74 Å². The molecule has 0 aromatic rings. The van der Waals surface area contributed by atoms with Crippen LogP contribution in [0.15, 0.2) is 0 Å². The van der Waals surface area contributed by atoms with Crippen molar-refractivity contribution >= 4 is 5.97 Å². The SMILES string of the molecule is CC.CCCCC(=O)OCC. The zero-order valence-electron chi connectivity index (χ0n) is 8.14. The lowest BCUT2D eigenvalue weighted by Crippen LogP contribution is -2.02. The van der Waals surface area contributed by atoms with Crippen LogP contribution in [0.1, 0.15) is 47.0 Å². The zero-order chi connectivity index (χ0) is 9.11. The monoisotopic (exact) mass is 160 g/mol. The van der Waals surface area contributed by atoms with E-state index in [1.807, 2.05) is 20.8 Å². The summed E-state index contributed by atoms with van der Waals surface area (Å²) in [6.45, 7) is 8.38. The Morgan fingerprint density at radius 2 is 1.82 bits per heavy atom. The van der Waals surface area contributed by atoms with Crippen molar-refractivity contribution in [1.29, 1.82) is 0 Å². The van der Waals surface area contributed by atoms with Gasteiger partial charge in [-0.2, -0.15) is 0 Å². The number of hydrogen-bond acceptors (Lipinski definition) is 2. The highest BCUT2D eigenvalue weighted by atomic mass is 16.5. The summed E-state index contributed by atoms with van der Waals surface area (Å²) in [5.74, 6) is -0.0700. The lowest BCUT2D eigenvalue weighted by Gasteiger charge is -1.97. The van der Waals surface area contributed by atoms with Gasteiger partial charge in [-0.25, -0.2) is 0 Å². The fourth-order valence-electron chi connectivity index (χ4n) is 0.554. The number of rotatable bonds is 4. The van der Waals surface area contributed by atoms with Crippen LogP contribution in [-0.2, 0) is 9.53 Å². The molecule has 0 bridgehead atoms. The summed E-state index contributed by atoms with van der Waals surface area (Å²) in [5.41, 5.74) is 0. The molecule has 0 saturated heterocycles. The molecule has 0 amide bonds. The molecular weight excluding hydrogens is 140 g/mol. The molecule has 0 aliphatic carbocycles. The highest BCUT2D eigenvalue weighted by molar-refractivity contribution is 5.69. The molecule has 0 aromatic heterocycles. The van der Waals surface area contributed by atoms with Crippen molar-refractivity contribution in [2.24, 2.45) is 0 Å². The molecule has 0 radical (unpaired) electrons. The van der Waals surface area contributed by atoms with E-state index >= 15 is 0 Å². The van der Waals surface area contributed by atoms with E-state index in [2.05, 4.69) is 6.92 Å². The first-order valence-electron chi connectivity index (χ1n) is 4.46. The van der Waals surface area contributed by atoms with Crippen LogP contribution in [-0.4, -0.2) is 12.6 Å². The van der Waals surface area contributed by atoms with Gasteiger partial charge in [0.2, 0.25) is 0 Å². The third-order valence-electron chi connectivity index (χ3n) is 1.04. The van der Waals surface area contributed by atoms with E-state index in [1.165, 1.54) is 0 Å². The first kappa shape index (κ1) is 13.1. The number of esters is 1. The molecular formula is C9H20O2. The van der Waals surface area contributed by atoms with Gasteiger partial charge in [0.15, 0.2) is 0 Å². The van der Waals surface area contributed by atoms with Crippen LogP contribution in [0.3, 0.4) is 0 Å². The summed E-state index contributed by atoms with van der Waals surface area (Å²) < 4.78 is 4.70. The molecule has 68 valence electrons. The molecule has 0 heterocycles. The highest BCUT2D eigenvalue weighted by Crippen LogP contribution is 1.95. The van der Waals surface area contributed by atoms with E-state index in [0.717, 1.165) is 12.8 Å². The minimum absolute atomic E-state index is 0.0700. The van der Waals surface area contributed by atoms with Gasteiger partial charge in [0, 0.05) is 6.42 Å². The molecule has 2 heteroatoms. The lowest BCUT2D eigenvalue weighted by molar-refractivity contribution is -0.143. The van der Waals surface area contributed by atoms with Crippen LogP contribution in [0.2, 0.25) is 0 Å². The molecule has 0 unspecified atom stereocenters. The minimum Gasteiger partial charge on any atom is -0.466 e. The highest BCUT2D eigenvalue weighted by Gasteiger charge is 1.97. The summed E-state index contributed by atoms with van der Waals surface area (Å²) in [7, 11) is 0. The van der Waals surface area contributed by atoms with Gasteiger partial charge in [-0.05, 0) is 13.3 Å². The van der Waals surface area contributed by atoms with Crippen LogP contribution in [0.5, 0.6) is 0 Å². The molecule has 11 heavy (non-hydrogen) atoms. The fourth-order valence-corrected chi connectivity index (χ4v) is 0.554. The second-order valence-corrected chi connectivity index (χ2v) is 1.91. The molecule has 0 rings (SSSR count). The van der Waals surface area contributed by atoms with Gasteiger partial charge >= 0.3 is 5.97 Å². The van der Waals surface area contributed by atoms with Crippen molar-refractivity contribution in [3.05, 3.63) is 0 Å². The van der Waals surface area contributed by atoms with E-state index in [1.54, 1.807) is 0 Å². The first-order valence-corrected chi connectivity index (χ1v) is 4.46. The van der Waals surface area contributed by atoms with Gasteiger partial charge in [-0.3, -0.25) is 4.79 Å². The van der Waals surface area contributed by atoms with Crippen molar-refractivity contribution in [3.63, 3.8) is 0 Å². The number of ether oxygens (including phenoxy) is 1. The summed E-state index contributed by atoms with van der Waals surface area (Å²) in [6.07, 6.45) is 2.57. The van der Waals surface area contributed by atoms with Gasteiger partial charge in [-0.1, -0.05) is 27.2 Å². The Morgan fingerprint density at radius 3 is 2.18 bits per heavy atom. The van der Waals surface area contributed by atoms with Gasteiger partial charge in [0.25, 0.3) is 0 Å². The van der Waals surface area contributed by atoms with Gasteiger partial charge in [-0.15, -0.1) is 0 Å². The average Bonchev–Trinajstić information content (AvgIpc) is 2.05. The smallest absolute Gasteiger partial charge is 0.305 e. The number of unbranched alkanes of at least 4 members (excludes halogenated alkanes) is 1. The quantitative estimate of drug-likeness (QED) is 0.591. The molecule has 0 fully saturated rings. The Bertz CT molecular complexity index is 79.6. The topological polar surface area (TPSA) is 26.3 Å². The maximum atomic E-state index is 10.6. The molecule has 0 N–H and O–H groups in total. The summed E-state index contributed by atoms with van der Waals surface area (Å²) >= 11 is 0. The van der Waals surface area contributed by atoms with Crippen molar-refractivity contribution in [3.8, 4) is 0 Å². The largest absolute Gasteiger partial charge is 0.466 e. The number of carbonyl (C=O) groups is 1. The summed E-state index contributed by atoms with van der Waals surface area (Å²) in [5, 5.41) is 0. The Labute approximate surface area is 69.9 Å². The average molecular weight is 160 g/mol. The molecule has 0 aromatic carbocycles. The summed E-state index contributed by atoms with van der Waals surface area (Å²) in [4.78, 5) is 10.6. The van der Waals surface area contributed by atoms with Gasteiger partial charge in [0.1, 0.15) is 0 Å². The van der Waals surface area contributed by atoms with Crippen molar-refractivity contribution in [2.45, 2.75) is 47.0 Å². The van der Waals surface area contributed by atoms with Crippen LogP contribution in [0.25, 0.3) is 0 Å². The number of hydrogen-bond donors (Lipinski definition) is 0. The van der Waals surface area contributed by atoms with Gasteiger partial charge < -0.3 is 4.74 Å². The third-order valence-corrected chi connectivity index (χ3v) is 1.04. The minimum atomic E-state index is -0.0700. The van der Waals surface area contributed by atoms with Crippen LogP contribution in [0, 0.1) is 0 Å². The Kier molecular flexibility index (Phi) is 14.5. The first-order chi connectivity index (χ1) is 5.31. The third kappa shape index (κ3) is 12.6. The Balaban J connectivity index is 0. The molecule has 0 saturated carbocycles. The molecule has 0 atom stereocenters. The number of carbonyl (C=O) groups excluding carboxylic acids is 1. The second-order valence-electron chi connectivity index (χ2n) is 1.91. The van der Waals surface area contributed by atoms with Crippen molar-refractivity contribution in [2.75, 3.05) is 6.61 Å². The van der Waals surface area contributed by atoms with Crippen LogP contribution in [0.4, 0.5) is 0 Å².